The summed E-state index contributed by atoms with van der Waals surface area (Å²) in [7, 11) is 0. The van der Waals surface area contributed by atoms with Crippen molar-refractivity contribution in [3.8, 4) is 11.5 Å². The van der Waals surface area contributed by atoms with Gasteiger partial charge in [0.05, 0.1) is 16.6 Å². The summed E-state index contributed by atoms with van der Waals surface area (Å²) in [5, 5.41) is 12.7. The molecule has 3 N–H and O–H groups in total. The van der Waals surface area contributed by atoms with Crippen LogP contribution in [0.1, 0.15) is 34.6 Å². The number of carboxylic acids is 1. The van der Waals surface area contributed by atoms with Crippen molar-refractivity contribution in [1.82, 2.24) is 15.3 Å². The quantitative estimate of drug-likeness (QED) is 0.627. The zero-order valence-corrected chi connectivity index (χ0v) is 14.2. The van der Waals surface area contributed by atoms with Crippen LogP contribution in [0.5, 0.6) is 11.5 Å². The predicted octanol–water partition coefficient (Wildman–Crippen LogP) is 3.75. The molecule has 0 atom stereocenters. The van der Waals surface area contributed by atoms with Gasteiger partial charge in [-0.3, -0.25) is 4.98 Å². The van der Waals surface area contributed by atoms with E-state index in [0.29, 0.717) is 29.5 Å². The Kier molecular flexibility index (Phi) is 4.08. The second kappa shape index (κ2) is 6.42. The van der Waals surface area contributed by atoms with Crippen LogP contribution in [0.2, 0.25) is 0 Å². The van der Waals surface area contributed by atoms with E-state index in [2.05, 4.69) is 15.3 Å². The monoisotopic (exact) mass is 355 g/mol. The number of H-pyrrole nitrogens is 1. The van der Waals surface area contributed by atoms with E-state index in [1.165, 1.54) is 18.9 Å². The van der Waals surface area contributed by atoms with E-state index in [1.54, 1.807) is 31.3 Å². The van der Waals surface area contributed by atoms with Gasteiger partial charge >= 0.3 is 5.97 Å². The molecule has 26 heavy (non-hydrogen) atoms. The normalized spacial score (nSPS) is 13.9. The molecule has 1 aliphatic rings. The third-order valence-electron chi connectivity index (χ3n) is 4.43. The number of pyridine rings is 1. The summed E-state index contributed by atoms with van der Waals surface area (Å²) in [6.07, 6.45) is 3.98. The summed E-state index contributed by atoms with van der Waals surface area (Å²) in [4.78, 5) is 18.6. The summed E-state index contributed by atoms with van der Waals surface area (Å²) in [5.41, 5.74) is 1.56. The van der Waals surface area contributed by atoms with Crippen molar-refractivity contribution < 1.29 is 19.0 Å². The number of aromatic amines is 1. The molecule has 0 saturated heterocycles. The highest BCUT2D eigenvalue weighted by molar-refractivity contribution is 6.05. The van der Waals surface area contributed by atoms with Crippen LogP contribution in [-0.4, -0.2) is 27.1 Å². The fourth-order valence-corrected chi connectivity index (χ4v) is 2.98. The van der Waals surface area contributed by atoms with Crippen LogP contribution in [0, 0.1) is 12.7 Å². The number of hydrogen-bond donors (Lipinski definition) is 3. The van der Waals surface area contributed by atoms with Crippen molar-refractivity contribution in [2.45, 2.75) is 32.4 Å². The van der Waals surface area contributed by atoms with Gasteiger partial charge in [-0.15, -0.1) is 0 Å². The SMILES string of the molecule is Cc1[nH]c2ccc(Oc3ccnc(CNC4CC4)c3)c(F)c2c1C(=O)O. The van der Waals surface area contributed by atoms with Crippen LogP contribution in [0.25, 0.3) is 10.9 Å². The Morgan fingerprint density at radius 3 is 2.96 bits per heavy atom. The highest BCUT2D eigenvalue weighted by Crippen LogP contribution is 2.33. The Bertz CT molecular complexity index is 995. The average Bonchev–Trinajstić information content (AvgIpc) is 3.37. The highest BCUT2D eigenvalue weighted by Gasteiger charge is 2.22. The topological polar surface area (TPSA) is 87.2 Å². The lowest BCUT2D eigenvalue weighted by Gasteiger charge is -2.09. The van der Waals surface area contributed by atoms with Crippen molar-refractivity contribution in [2.24, 2.45) is 0 Å². The van der Waals surface area contributed by atoms with Gasteiger partial charge in [0.25, 0.3) is 0 Å². The largest absolute Gasteiger partial charge is 0.478 e. The average molecular weight is 355 g/mol. The molecule has 3 aromatic rings. The summed E-state index contributed by atoms with van der Waals surface area (Å²) < 4.78 is 20.6. The molecule has 2 heterocycles. The molecule has 0 bridgehead atoms. The minimum atomic E-state index is -1.18. The minimum absolute atomic E-state index is 0.0219. The smallest absolute Gasteiger partial charge is 0.338 e. The first-order chi connectivity index (χ1) is 12.5. The number of nitrogens with zero attached hydrogens (tertiary/aromatic N) is 1. The van der Waals surface area contributed by atoms with Crippen LogP contribution >= 0.6 is 0 Å². The molecule has 1 aliphatic carbocycles. The first kappa shape index (κ1) is 16.5. The summed E-state index contributed by atoms with van der Waals surface area (Å²) in [5.74, 6) is -1.44. The molecule has 0 amide bonds. The second-order valence-corrected chi connectivity index (χ2v) is 6.47. The van der Waals surface area contributed by atoms with Crippen LogP contribution in [-0.2, 0) is 6.54 Å². The van der Waals surface area contributed by atoms with Gasteiger partial charge in [0.15, 0.2) is 11.6 Å². The fourth-order valence-electron chi connectivity index (χ4n) is 2.98. The number of aromatic nitrogens is 2. The standard InChI is InChI=1S/C19H18FN3O3/c1-10-16(19(24)25)17-14(23-10)4-5-15(18(17)20)26-13-6-7-21-12(8-13)9-22-11-2-3-11/h4-8,11,22-23H,2-3,9H2,1H3,(H,24,25). The molecular weight excluding hydrogens is 337 g/mol. The van der Waals surface area contributed by atoms with E-state index in [-0.39, 0.29) is 16.7 Å². The van der Waals surface area contributed by atoms with Crippen LogP contribution in [0.15, 0.2) is 30.5 Å². The van der Waals surface area contributed by atoms with E-state index < -0.39 is 11.8 Å². The molecule has 0 radical (unpaired) electrons. The Hall–Kier alpha value is -2.93. The zero-order chi connectivity index (χ0) is 18.3. The van der Waals surface area contributed by atoms with Crippen molar-refractivity contribution in [1.29, 1.82) is 0 Å². The molecule has 0 spiro atoms. The van der Waals surface area contributed by atoms with Gasteiger partial charge in [0, 0.05) is 36.1 Å². The van der Waals surface area contributed by atoms with E-state index >= 15 is 0 Å². The number of ether oxygens (including phenoxy) is 1. The number of rotatable bonds is 6. The number of halogens is 1. The summed E-state index contributed by atoms with van der Waals surface area (Å²) in [6.45, 7) is 2.23. The molecule has 0 aliphatic heterocycles. The molecule has 134 valence electrons. The number of aromatic carboxylic acids is 1. The number of nitrogens with one attached hydrogen (secondary N) is 2. The maximum atomic E-state index is 14.9. The van der Waals surface area contributed by atoms with Gasteiger partial charge in [-0.1, -0.05) is 0 Å². The van der Waals surface area contributed by atoms with Gasteiger partial charge in [0.1, 0.15) is 5.75 Å². The Labute approximate surface area is 149 Å². The fraction of sp³-hybridized carbons (Fsp3) is 0.263. The third kappa shape index (κ3) is 3.13. The van der Waals surface area contributed by atoms with E-state index in [9.17, 15) is 14.3 Å². The number of aryl methyl sites for hydroxylation is 1. The molecular formula is C19H18FN3O3. The zero-order valence-electron chi connectivity index (χ0n) is 14.2. The number of benzene rings is 1. The van der Waals surface area contributed by atoms with Crippen LogP contribution < -0.4 is 10.1 Å². The number of hydrogen-bond acceptors (Lipinski definition) is 4. The molecule has 1 fully saturated rings. The van der Waals surface area contributed by atoms with Gasteiger partial charge in [0.2, 0.25) is 0 Å². The Morgan fingerprint density at radius 2 is 2.23 bits per heavy atom. The highest BCUT2D eigenvalue weighted by atomic mass is 19.1. The lowest BCUT2D eigenvalue weighted by Crippen LogP contribution is -2.16. The lowest BCUT2D eigenvalue weighted by atomic mass is 10.1. The summed E-state index contributed by atoms with van der Waals surface area (Å²) >= 11 is 0. The molecule has 1 saturated carbocycles. The number of carbonyl (C=O) groups is 1. The van der Waals surface area contributed by atoms with Crippen molar-refractivity contribution in [2.75, 3.05) is 0 Å². The summed E-state index contributed by atoms with van der Waals surface area (Å²) in [6, 6.07) is 7.06. The molecule has 6 nitrogen and oxygen atoms in total. The van der Waals surface area contributed by atoms with Gasteiger partial charge < -0.3 is 20.1 Å². The number of fused-ring (bicyclic) bond motifs is 1. The van der Waals surface area contributed by atoms with E-state index in [0.717, 1.165) is 5.69 Å². The Morgan fingerprint density at radius 1 is 1.42 bits per heavy atom. The van der Waals surface area contributed by atoms with Crippen LogP contribution in [0.4, 0.5) is 4.39 Å². The first-order valence-corrected chi connectivity index (χ1v) is 8.43. The van der Waals surface area contributed by atoms with Gasteiger partial charge in [-0.05, 0) is 38.0 Å². The third-order valence-corrected chi connectivity index (χ3v) is 4.43. The molecule has 7 heteroatoms. The van der Waals surface area contributed by atoms with E-state index in [4.69, 9.17) is 4.74 Å². The van der Waals surface area contributed by atoms with Gasteiger partial charge in [-0.25, -0.2) is 9.18 Å². The van der Waals surface area contributed by atoms with Crippen molar-refractivity contribution in [3.05, 3.63) is 53.2 Å². The Balaban J connectivity index is 1.64. The van der Waals surface area contributed by atoms with Gasteiger partial charge in [-0.2, -0.15) is 0 Å². The molecule has 2 aromatic heterocycles. The second-order valence-electron chi connectivity index (χ2n) is 6.47. The first-order valence-electron chi connectivity index (χ1n) is 8.43. The maximum Gasteiger partial charge on any atom is 0.338 e. The minimum Gasteiger partial charge on any atom is -0.478 e. The molecule has 4 rings (SSSR count). The van der Waals surface area contributed by atoms with Crippen LogP contribution in [0.3, 0.4) is 0 Å². The number of carboxylic acid groups (broad SMARTS) is 1. The molecule has 0 unspecified atom stereocenters. The maximum absolute atomic E-state index is 14.9. The van der Waals surface area contributed by atoms with E-state index in [1.807, 2.05) is 0 Å². The predicted molar refractivity (Wildman–Crippen MR) is 94.1 cm³/mol. The lowest BCUT2D eigenvalue weighted by molar-refractivity contribution is 0.0698. The molecule has 1 aromatic carbocycles. The van der Waals surface area contributed by atoms with Crippen molar-refractivity contribution in [3.63, 3.8) is 0 Å². The van der Waals surface area contributed by atoms with Crippen molar-refractivity contribution >= 4 is 16.9 Å².